The average Bonchev–Trinajstić information content (AvgIpc) is 2.86. The van der Waals surface area contributed by atoms with Crippen molar-refractivity contribution in [1.82, 2.24) is 0 Å². The maximum Gasteiger partial charge on any atom is 0.309 e. The van der Waals surface area contributed by atoms with Crippen molar-refractivity contribution in [3.05, 3.63) is 45.8 Å². The smallest absolute Gasteiger partial charge is 0.309 e. The van der Waals surface area contributed by atoms with E-state index < -0.39 is 0 Å². The Hall–Kier alpha value is -1.83. The van der Waals surface area contributed by atoms with E-state index in [1.807, 2.05) is 20.8 Å². The molecule has 2 aliphatic rings. The fourth-order valence-electron chi connectivity index (χ4n) is 4.73. The summed E-state index contributed by atoms with van der Waals surface area (Å²) in [6.07, 6.45) is 12.5. The number of hydrogen-bond donors (Lipinski definition) is 0. The molecule has 2 nitrogen and oxygen atoms in total. The molecule has 0 bridgehead atoms. The minimum atomic E-state index is -0.385. The number of aryl methyl sites for hydroxylation is 2. The number of carbonyl (C=O) groups is 1. The van der Waals surface area contributed by atoms with E-state index in [0.29, 0.717) is 11.8 Å². The van der Waals surface area contributed by atoms with Gasteiger partial charge in [0.1, 0.15) is 5.60 Å². The lowest BCUT2D eigenvalue weighted by atomic mass is 9.84. The number of esters is 1. The standard InChI is InChI=1S/C27H38O2/c1-18-14-24-16-20(3)23(17-25(24)15-19(18)2)13-11-21-8-7-9-22(12-10-21)26(28)29-27(4,5)6/h14-17,21-23H,3,7-13H2,1-2,4-6H3. The van der Waals surface area contributed by atoms with Crippen molar-refractivity contribution in [2.45, 2.75) is 85.2 Å². The number of hydrogen-bond acceptors (Lipinski definition) is 2. The van der Waals surface area contributed by atoms with Gasteiger partial charge in [-0.25, -0.2) is 0 Å². The van der Waals surface area contributed by atoms with Crippen molar-refractivity contribution in [1.29, 1.82) is 0 Å². The van der Waals surface area contributed by atoms with Crippen LogP contribution in [0.25, 0.3) is 12.2 Å². The number of ether oxygens (including phenoxy) is 1. The van der Waals surface area contributed by atoms with E-state index in [4.69, 9.17) is 4.74 Å². The molecule has 1 aromatic rings. The first kappa shape index (κ1) is 21.9. The third kappa shape index (κ3) is 5.84. The molecule has 0 aliphatic heterocycles. The molecular formula is C27H38O2. The lowest BCUT2D eigenvalue weighted by Crippen LogP contribution is -2.30. The fourth-order valence-corrected chi connectivity index (χ4v) is 4.73. The SMILES string of the molecule is C=C1C=c2cc(C)c(C)cc2=CC1CCC1CCCC(C(=O)OC(C)(C)C)CC1. The Morgan fingerprint density at radius 1 is 1.03 bits per heavy atom. The zero-order valence-corrected chi connectivity index (χ0v) is 19.0. The highest BCUT2D eigenvalue weighted by molar-refractivity contribution is 5.72. The molecule has 2 aliphatic carbocycles. The lowest BCUT2D eigenvalue weighted by molar-refractivity contribution is -0.160. The van der Waals surface area contributed by atoms with E-state index in [2.05, 4.69) is 44.7 Å². The zero-order valence-electron chi connectivity index (χ0n) is 19.0. The zero-order chi connectivity index (χ0) is 21.2. The van der Waals surface area contributed by atoms with E-state index in [9.17, 15) is 4.79 Å². The molecule has 158 valence electrons. The summed E-state index contributed by atoms with van der Waals surface area (Å²) in [5.74, 6) is 1.24. The minimum absolute atomic E-state index is 0.00371. The van der Waals surface area contributed by atoms with Gasteiger partial charge < -0.3 is 4.74 Å². The van der Waals surface area contributed by atoms with Crippen molar-refractivity contribution in [2.75, 3.05) is 0 Å². The summed E-state index contributed by atoms with van der Waals surface area (Å²) in [5, 5.41) is 2.67. The van der Waals surface area contributed by atoms with Gasteiger partial charge in [0.05, 0.1) is 5.92 Å². The summed E-state index contributed by atoms with van der Waals surface area (Å²) in [4.78, 5) is 12.4. The van der Waals surface area contributed by atoms with Crippen molar-refractivity contribution in [2.24, 2.45) is 17.8 Å². The topological polar surface area (TPSA) is 26.3 Å². The third-order valence-electron chi connectivity index (χ3n) is 6.61. The first-order valence-corrected chi connectivity index (χ1v) is 11.3. The molecule has 0 saturated heterocycles. The Labute approximate surface area is 176 Å². The Balaban J connectivity index is 1.58. The second-order valence-corrected chi connectivity index (χ2v) is 10.2. The maximum atomic E-state index is 12.4. The van der Waals surface area contributed by atoms with Crippen LogP contribution in [0.4, 0.5) is 0 Å². The van der Waals surface area contributed by atoms with Crippen LogP contribution in [0.2, 0.25) is 0 Å². The Bertz CT molecular complexity index is 884. The van der Waals surface area contributed by atoms with Gasteiger partial charge in [-0.15, -0.1) is 0 Å². The van der Waals surface area contributed by atoms with Crippen LogP contribution in [-0.4, -0.2) is 11.6 Å². The molecule has 0 spiro atoms. The van der Waals surface area contributed by atoms with Crippen LogP contribution >= 0.6 is 0 Å². The molecule has 3 rings (SSSR count). The largest absolute Gasteiger partial charge is 0.460 e. The van der Waals surface area contributed by atoms with Crippen molar-refractivity contribution in [3.8, 4) is 0 Å². The molecule has 1 aromatic carbocycles. The van der Waals surface area contributed by atoms with Gasteiger partial charge in [-0.3, -0.25) is 4.79 Å². The molecular weight excluding hydrogens is 356 g/mol. The predicted octanol–water partition coefficient (Wildman–Crippen LogP) is 5.37. The van der Waals surface area contributed by atoms with Gasteiger partial charge in [0.25, 0.3) is 0 Å². The summed E-state index contributed by atoms with van der Waals surface area (Å²) in [5.41, 5.74) is 3.55. The van der Waals surface area contributed by atoms with Gasteiger partial charge in [-0.1, -0.05) is 43.7 Å². The molecule has 0 N–H and O–H groups in total. The molecule has 0 aromatic heterocycles. The maximum absolute atomic E-state index is 12.4. The molecule has 29 heavy (non-hydrogen) atoms. The van der Waals surface area contributed by atoms with Crippen molar-refractivity contribution < 1.29 is 9.53 Å². The average molecular weight is 395 g/mol. The molecule has 1 saturated carbocycles. The summed E-state index contributed by atoms with van der Waals surface area (Å²) < 4.78 is 5.63. The number of carbonyl (C=O) groups excluding carboxylic acids is 1. The summed E-state index contributed by atoms with van der Waals surface area (Å²) in [6.45, 7) is 14.6. The molecule has 0 radical (unpaired) electrons. The molecule has 0 amide bonds. The Morgan fingerprint density at radius 2 is 1.72 bits per heavy atom. The minimum Gasteiger partial charge on any atom is -0.460 e. The van der Waals surface area contributed by atoms with Crippen LogP contribution < -0.4 is 10.4 Å². The second kappa shape index (κ2) is 8.90. The van der Waals surface area contributed by atoms with Gasteiger partial charge in [-0.05, 0) is 99.8 Å². The van der Waals surface area contributed by atoms with E-state index in [0.717, 1.165) is 32.1 Å². The number of rotatable bonds is 4. The van der Waals surface area contributed by atoms with Crippen LogP contribution in [0, 0.1) is 31.6 Å². The van der Waals surface area contributed by atoms with Crippen molar-refractivity contribution >= 4 is 18.1 Å². The normalized spacial score (nSPS) is 24.7. The van der Waals surface area contributed by atoms with Crippen LogP contribution in [0.1, 0.15) is 76.8 Å². The number of fused-ring (bicyclic) bond motifs is 1. The summed E-state index contributed by atoms with van der Waals surface area (Å²) in [6, 6.07) is 4.60. The van der Waals surface area contributed by atoms with E-state index in [1.54, 1.807) is 0 Å². The van der Waals surface area contributed by atoms with Crippen LogP contribution in [0.5, 0.6) is 0 Å². The van der Waals surface area contributed by atoms with Crippen LogP contribution in [0.3, 0.4) is 0 Å². The quantitative estimate of drug-likeness (QED) is 0.507. The van der Waals surface area contributed by atoms with Gasteiger partial charge in [-0.2, -0.15) is 0 Å². The van der Waals surface area contributed by atoms with E-state index >= 15 is 0 Å². The second-order valence-electron chi connectivity index (χ2n) is 10.2. The first-order chi connectivity index (χ1) is 13.6. The molecule has 3 atom stereocenters. The highest BCUT2D eigenvalue weighted by atomic mass is 16.6. The first-order valence-electron chi connectivity index (χ1n) is 11.3. The third-order valence-corrected chi connectivity index (χ3v) is 6.61. The van der Waals surface area contributed by atoms with Gasteiger partial charge in [0.15, 0.2) is 0 Å². The Morgan fingerprint density at radius 3 is 2.41 bits per heavy atom. The number of allylic oxidation sites excluding steroid dienone is 1. The predicted molar refractivity (Wildman–Crippen MR) is 122 cm³/mol. The Kier molecular flexibility index (Phi) is 6.71. The van der Waals surface area contributed by atoms with Gasteiger partial charge in [0, 0.05) is 5.92 Å². The molecule has 1 fully saturated rings. The molecule has 3 unspecified atom stereocenters. The van der Waals surface area contributed by atoms with Crippen molar-refractivity contribution in [3.63, 3.8) is 0 Å². The molecule has 2 heteroatoms. The summed E-state index contributed by atoms with van der Waals surface area (Å²) in [7, 11) is 0. The van der Waals surface area contributed by atoms with E-state index in [-0.39, 0.29) is 17.5 Å². The number of benzene rings is 1. The van der Waals surface area contributed by atoms with Gasteiger partial charge >= 0.3 is 5.97 Å². The molecule has 0 heterocycles. The lowest BCUT2D eigenvalue weighted by Gasteiger charge is -2.23. The van der Waals surface area contributed by atoms with E-state index in [1.165, 1.54) is 40.0 Å². The fraction of sp³-hybridized carbons (Fsp3) is 0.593. The highest BCUT2D eigenvalue weighted by Gasteiger charge is 2.28. The van der Waals surface area contributed by atoms with Crippen LogP contribution in [-0.2, 0) is 9.53 Å². The summed E-state index contributed by atoms with van der Waals surface area (Å²) >= 11 is 0. The monoisotopic (exact) mass is 394 g/mol. The van der Waals surface area contributed by atoms with Crippen LogP contribution in [0.15, 0.2) is 24.3 Å². The van der Waals surface area contributed by atoms with Gasteiger partial charge in [0.2, 0.25) is 0 Å². The highest BCUT2D eigenvalue weighted by Crippen LogP contribution is 2.33.